The fourth-order valence-corrected chi connectivity index (χ4v) is 2.80. The van der Waals surface area contributed by atoms with Crippen LogP contribution in [0.3, 0.4) is 0 Å². The molecule has 0 fully saturated rings. The standard InChI is InChI=1S/C18H21ClN4O2/c1-3-5-8-12(19)16-15(10(4-2)17(20)24)23-14-11(18(21)25)7-6-9-13(14)22-16/h4,6-9,22-23H,3,5H2,1-2H3,(H2,20,24)(H2,21,25)/b10-4+,12-8-. The second-order valence-electron chi connectivity index (χ2n) is 5.50. The van der Waals surface area contributed by atoms with E-state index in [2.05, 4.69) is 10.6 Å². The number of fused-ring (bicyclic) bond motifs is 1. The first kappa shape index (κ1) is 18.6. The molecule has 0 aromatic heterocycles. The van der Waals surface area contributed by atoms with Crippen LogP contribution in [-0.2, 0) is 4.79 Å². The molecule has 132 valence electrons. The summed E-state index contributed by atoms with van der Waals surface area (Å²) in [5, 5.41) is 6.75. The van der Waals surface area contributed by atoms with Crippen LogP contribution in [0.1, 0.15) is 37.0 Å². The van der Waals surface area contributed by atoms with Gasteiger partial charge in [0.05, 0.1) is 38.9 Å². The zero-order chi connectivity index (χ0) is 18.6. The molecule has 2 amide bonds. The molecule has 1 aromatic carbocycles. The molecule has 0 spiro atoms. The lowest BCUT2D eigenvalue weighted by Gasteiger charge is -2.28. The van der Waals surface area contributed by atoms with Crippen molar-refractivity contribution >= 4 is 34.8 Å². The summed E-state index contributed by atoms with van der Waals surface area (Å²) < 4.78 is 0. The first-order valence-corrected chi connectivity index (χ1v) is 8.32. The number of nitrogens with one attached hydrogen (secondary N) is 2. The zero-order valence-corrected chi connectivity index (χ0v) is 14.9. The summed E-state index contributed by atoms with van der Waals surface area (Å²) in [5.41, 5.74) is 13.6. The highest BCUT2D eigenvalue weighted by Crippen LogP contribution is 2.38. The summed E-state index contributed by atoms with van der Waals surface area (Å²) in [4.78, 5) is 23.5. The molecule has 0 saturated heterocycles. The van der Waals surface area contributed by atoms with E-state index in [-0.39, 0.29) is 5.57 Å². The molecule has 1 aliphatic heterocycles. The predicted octanol–water partition coefficient (Wildman–Crippen LogP) is 3.19. The minimum absolute atomic E-state index is 0.260. The summed E-state index contributed by atoms with van der Waals surface area (Å²) in [6, 6.07) is 5.10. The molecule has 0 bridgehead atoms. The average Bonchev–Trinajstić information content (AvgIpc) is 2.58. The summed E-state index contributed by atoms with van der Waals surface area (Å²) in [6.07, 6.45) is 5.17. The molecule has 6 N–H and O–H groups in total. The van der Waals surface area contributed by atoms with E-state index in [9.17, 15) is 9.59 Å². The van der Waals surface area contributed by atoms with Crippen LogP contribution < -0.4 is 22.1 Å². The third-order valence-electron chi connectivity index (χ3n) is 3.76. The number of allylic oxidation sites excluding steroid dienone is 3. The van der Waals surface area contributed by atoms with Crippen molar-refractivity contribution in [2.45, 2.75) is 26.7 Å². The van der Waals surface area contributed by atoms with Crippen molar-refractivity contribution in [2.24, 2.45) is 11.5 Å². The van der Waals surface area contributed by atoms with E-state index in [1.807, 2.05) is 13.0 Å². The maximum atomic E-state index is 11.8. The third kappa shape index (κ3) is 3.85. The Labute approximate surface area is 151 Å². The molecule has 0 saturated carbocycles. The summed E-state index contributed by atoms with van der Waals surface area (Å²) in [7, 11) is 0. The maximum Gasteiger partial charge on any atom is 0.250 e. The van der Waals surface area contributed by atoms with Gasteiger partial charge in [0.25, 0.3) is 11.8 Å². The number of hydrogen-bond donors (Lipinski definition) is 4. The lowest BCUT2D eigenvalue weighted by molar-refractivity contribution is -0.114. The molecule has 0 atom stereocenters. The van der Waals surface area contributed by atoms with Crippen molar-refractivity contribution in [3.8, 4) is 0 Å². The van der Waals surface area contributed by atoms with Gasteiger partial charge >= 0.3 is 0 Å². The smallest absolute Gasteiger partial charge is 0.250 e. The number of carbonyl (C=O) groups is 2. The van der Waals surface area contributed by atoms with Crippen molar-refractivity contribution in [2.75, 3.05) is 10.6 Å². The van der Waals surface area contributed by atoms with Crippen LogP contribution in [0.25, 0.3) is 0 Å². The van der Waals surface area contributed by atoms with Gasteiger partial charge < -0.3 is 22.1 Å². The summed E-state index contributed by atoms with van der Waals surface area (Å²) in [5.74, 6) is -1.19. The predicted molar refractivity (Wildman–Crippen MR) is 101 cm³/mol. The number of hydrogen-bond acceptors (Lipinski definition) is 4. The van der Waals surface area contributed by atoms with Crippen LogP contribution in [-0.4, -0.2) is 11.8 Å². The van der Waals surface area contributed by atoms with Crippen LogP contribution in [0.15, 0.2) is 52.4 Å². The van der Waals surface area contributed by atoms with E-state index in [4.69, 9.17) is 23.1 Å². The topological polar surface area (TPSA) is 110 Å². The van der Waals surface area contributed by atoms with E-state index < -0.39 is 11.8 Å². The van der Waals surface area contributed by atoms with Gasteiger partial charge in [0.15, 0.2) is 0 Å². The molecule has 0 aliphatic carbocycles. The SMILES string of the molecule is C/C=C(/C(N)=O)C1=C(/C(Cl)=C/CCC)Nc2cccc(C(N)=O)c2N1. The van der Waals surface area contributed by atoms with Crippen molar-refractivity contribution in [1.82, 2.24) is 0 Å². The number of primary amides is 2. The molecule has 7 heteroatoms. The van der Waals surface area contributed by atoms with Gasteiger partial charge in [0, 0.05) is 0 Å². The Morgan fingerprint density at radius 2 is 1.92 bits per heavy atom. The Hall–Kier alpha value is -2.73. The number of unbranched alkanes of at least 4 members (excludes halogenated alkanes) is 1. The fourth-order valence-electron chi connectivity index (χ4n) is 2.55. The number of amides is 2. The largest absolute Gasteiger partial charge is 0.366 e. The Morgan fingerprint density at radius 3 is 2.48 bits per heavy atom. The number of benzene rings is 1. The zero-order valence-electron chi connectivity index (χ0n) is 14.2. The van der Waals surface area contributed by atoms with E-state index >= 15 is 0 Å². The second kappa shape index (κ2) is 7.90. The fraction of sp³-hybridized carbons (Fsp3) is 0.222. The number of halogens is 1. The monoisotopic (exact) mass is 360 g/mol. The van der Waals surface area contributed by atoms with E-state index in [1.165, 1.54) is 0 Å². The normalized spacial score (nSPS) is 14.5. The van der Waals surface area contributed by atoms with Crippen molar-refractivity contribution in [3.05, 3.63) is 57.9 Å². The number of anilines is 2. The molecular formula is C18H21ClN4O2. The van der Waals surface area contributed by atoms with E-state index in [0.717, 1.165) is 12.8 Å². The molecule has 0 unspecified atom stereocenters. The van der Waals surface area contributed by atoms with Crippen molar-refractivity contribution < 1.29 is 9.59 Å². The van der Waals surface area contributed by atoms with Gasteiger partial charge in [-0.05, 0) is 25.5 Å². The second-order valence-corrected chi connectivity index (χ2v) is 5.91. The van der Waals surface area contributed by atoms with Crippen LogP contribution >= 0.6 is 11.6 Å². The Morgan fingerprint density at radius 1 is 1.20 bits per heavy atom. The number of nitrogens with two attached hydrogens (primary N) is 2. The van der Waals surface area contributed by atoms with Gasteiger partial charge in [-0.2, -0.15) is 0 Å². The molecular weight excluding hydrogens is 340 g/mol. The molecule has 1 aromatic rings. The first-order valence-electron chi connectivity index (χ1n) is 7.94. The van der Waals surface area contributed by atoms with Crippen molar-refractivity contribution in [3.63, 3.8) is 0 Å². The molecule has 0 radical (unpaired) electrons. The first-order chi connectivity index (χ1) is 11.9. The Bertz CT molecular complexity index is 809. The van der Waals surface area contributed by atoms with Crippen molar-refractivity contribution in [1.29, 1.82) is 0 Å². The van der Waals surface area contributed by atoms with Gasteiger partial charge in [-0.3, -0.25) is 9.59 Å². The van der Waals surface area contributed by atoms with Gasteiger partial charge in [0.1, 0.15) is 0 Å². The van der Waals surface area contributed by atoms with Gasteiger partial charge in [-0.1, -0.05) is 43.2 Å². The molecule has 2 rings (SSSR count). The molecule has 1 heterocycles. The minimum atomic E-state index is -0.607. The lowest BCUT2D eigenvalue weighted by Crippen LogP contribution is -2.26. The van der Waals surface area contributed by atoms with Crippen LogP contribution in [0.2, 0.25) is 0 Å². The highest BCUT2D eigenvalue weighted by Gasteiger charge is 2.26. The quantitative estimate of drug-likeness (QED) is 0.584. The minimum Gasteiger partial charge on any atom is -0.366 e. The maximum absolute atomic E-state index is 11.8. The highest BCUT2D eigenvalue weighted by molar-refractivity contribution is 6.32. The van der Waals surface area contributed by atoms with E-state index in [1.54, 1.807) is 31.2 Å². The Balaban J connectivity index is 2.64. The number of para-hydroxylation sites is 1. The molecule has 1 aliphatic rings. The highest BCUT2D eigenvalue weighted by atomic mass is 35.5. The average molecular weight is 361 g/mol. The summed E-state index contributed by atoms with van der Waals surface area (Å²) >= 11 is 6.44. The lowest BCUT2D eigenvalue weighted by atomic mass is 10.0. The summed E-state index contributed by atoms with van der Waals surface area (Å²) in [6.45, 7) is 3.74. The van der Waals surface area contributed by atoms with Gasteiger partial charge in [-0.15, -0.1) is 0 Å². The molecule has 25 heavy (non-hydrogen) atoms. The third-order valence-corrected chi connectivity index (χ3v) is 4.11. The number of rotatable bonds is 6. The van der Waals surface area contributed by atoms with Crippen LogP contribution in [0, 0.1) is 0 Å². The van der Waals surface area contributed by atoms with Gasteiger partial charge in [0.2, 0.25) is 0 Å². The van der Waals surface area contributed by atoms with Gasteiger partial charge in [-0.25, -0.2) is 0 Å². The molecule has 6 nitrogen and oxygen atoms in total. The van der Waals surface area contributed by atoms with Crippen LogP contribution in [0.5, 0.6) is 0 Å². The number of carbonyl (C=O) groups excluding carboxylic acids is 2. The van der Waals surface area contributed by atoms with E-state index in [0.29, 0.717) is 33.4 Å². The van der Waals surface area contributed by atoms with Crippen LogP contribution in [0.4, 0.5) is 11.4 Å². The Kier molecular flexibility index (Phi) is 5.88.